The van der Waals surface area contributed by atoms with Crippen LogP contribution in [0.25, 0.3) is 6.08 Å². The fourth-order valence-corrected chi connectivity index (χ4v) is 3.27. The molecule has 1 aromatic heterocycles. The zero-order valence-electron chi connectivity index (χ0n) is 13.7. The van der Waals surface area contributed by atoms with E-state index < -0.39 is 5.97 Å². The number of hydrogen-bond donors (Lipinski definition) is 1. The molecular weight excluding hydrogens is 350 g/mol. The van der Waals surface area contributed by atoms with E-state index in [0.717, 1.165) is 5.56 Å². The summed E-state index contributed by atoms with van der Waals surface area (Å²) >= 11 is 1.25. The first-order valence-corrected chi connectivity index (χ1v) is 8.55. The van der Waals surface area contributed by atoms with Crippen LogP contribution in [0.15, 0.2) is 71.2 Å². The summed E-state index contributed by atoms with van der Waals surface area (Å²) in [6, 6.07) is 11.7. The molecule has 1 aliphatic heterocycles. The van der Waals surface area contributed by atoms with Gasteiger partial charge in [0.15, 0.2) is 11.0 Å². The first-order valence-electron chi connectivity index (χ1n) is 7.74. The zero-order chi connectivity index (χ0) is 18.5. The lowest BCUT2D eigenvalue weighted by Gasteiger charge is -2.12. The van der Waals surface area contributed by atoms with Crippen LogP contribution in [0.5, 0.6) is 0 Å². The molecule has 1 N–H and O–H groups in total. The van der Waals surface area contributed by atoms with Crippen molar-refractivity contribution in [3.8, 4) is 0 Å². The number of carboxylic acids is 1. The van der Waals surface area contributed by atoms with Crippen molar-refractivity contribution in [3.05, 3.63) is 77.3 Å². The van der Waals surface area contributed by atoms with Gasteiger partial charge in [-0.2, -0.15) is 0 Å². The van der Waals surface area contributed by atoms with Crippen molar-refractivity contribution in [1.82, 2.24) is 9.88 Å². The molecule has 1 aliphatic rings. The number of pyridine rings is 1. The Kier molecular flexibility index (Phi) is 5.28. The lowest BCUT2D eigenvalue weighted by molar-refractivity contribution is -0.121. The van der Waals surface area contributed by atoms with Crippen molar-refractivity contribution in [3.63, 3.8) is 0 Å². The van der Waals surface area contributed by atoms with Crippen LogP contribution in [0.4, 0.5) is 5.82 Å². The third-order valence-corrected chi connectivity index (χ3v) is 4.52. The summed E-state index contributed by atoms with van der Waals surface area (Å²) in [5.41, 5.74) is 0.937. The number of rotatable bonds is 5. The van der Waals surface area contributed by atoms with Crippen molar-refractivity contribution < 1.29 is 14.7 Å². The molecule has 6 nitrogen and oxygen atoms in total. The van der Waals surface area contributed by atoms with Gasteiger partial charge in [0, 0.05) is 12.7 Å². The quantitative estimate of drug-likeness (QED) is 0.647. The highest BCUT2D eigenvalue weighted by atomic mass is 32.2. The molecule has 26 heavy (non-hydrogen) atoms. The third kappa shape index (κ3) is 3.89. The summed E-state index contributed by atoms with van der Waals surface area (Å²) in [5, 5.41) is 9.49. The van der Waals surface area contributed by atoms with Crippen molar-refractivity contribution in [2.45, 2.75) is 0 Å². The van der Waals surface area contributed by atoms with E-state index in [2.05, 4.69) is 16.6 Å². The van der Waals surface area contributed by atoms with Gasteiger partial charge >= 0.3 is 5.97 Å². The number of carbonyl (C=O) groups excluding carboxylic acids is 1. The third-order valence-electron chi connectivity index (χ3n) is 3.51. The maximum Gasteiger partial charge on any atom is 0.335 e. The van der Waals surface area contributed by atoms with E-state index in [0.29, 0.717) is 22.4 Å². The van der Waals surface area contributed by atoms with Crippen LogP contribution in [0.3, 0.4) is 0 Å². The highest BCUT2D eigenvalue weighted by Crippen LogP contribution is 2.33. The Bertz CT molecular complexity index is 905. The molecule has 1 saturated heterocycles. The Labute approximate surface area is 154 Å². The SMILES string of the molecule is C=CCN1C(=O)/C(=C/c2ccc(C(=O)O)cc2)S/C1=N/c1ccccn1. The fraction of sp³-hybridized carbons (Fsp3) is 0.0526. The Morgan fingerprint density at radius 1 is 1.27 bits per heavy atom. The predicted molar refractivity (Wildman–Crippen MR) is 102 cm³/mol. The fourth-order valence-electron chi connectivity index (χ4n) is 2.27. The van der Waals surface area contributed by atoms with Crippen LogP contribution < -0.4 is 0 Å². The second-order valence-electron chi connectivity index (χ2n) is 5.32. The van der Waals surface area contributed by atoms with Crippen molar-refractivity contribution in [1.29, 1.82) is 0 Å². The molecule has 3 rings (SSSR count). The molecule has 0 atom stereocenters. The monoisotopic (exact) mass is 365 g/mol. The Morgan fingerprint density at radius 3 is 2.65 bits per heavy atom. The van der Waals surface area contributed by atoms with E-state index in [1.165, 1.54) is 28.8 Å². The largest absolute Gasteiger partial charge is 0.478 e. The number of carboxylic acid groups (broad SMARTS) is 1. The maximum absolute atomic E-state index is 12.7. The minimum atomic E-state index is -0.988. The molecule has 2 aromatic rings. The van der Waals surface area contributed by atoms with Gasteiger partial charge in [-0.15, -0.1) is 6.58 Å². The highest BCUT2D eigenvalue weighted by Gasteiger charge is 2.32. The molecule has 7 heteroatoms. The number of amides is 1. The topological polar surface area (TPSA) is 82.9 Å². The van der Waals surface area contributed by atoms with Gasteiger partial charge < -0.3 is 5.11 Å². The lowest BCUT2D eigenvalue weighted by Crippen LogP contribution is -2.29. The number of carbonyl (C=O) groups is 2. The van der Waals surface area contributed by atoms with Gasteiger partial charge in [-0.3, -0.25) is 9.69 Å². The molecule has 0 bridgehead atoms. The maximum atomic E-state index is 12.7. The first kappa shape index (κ1) is 17.6. The molecule has 1 aromatic carbocycles. The Hall–Kier alpha value is -3.19. The summed E-state index contributed by atoms with van der Waals surface area (Å²) in [5.74, 6) is -0.645. The van der Waals surface area contributed by atoms with E-state index in [1.807, 2.05) is 6.07 Å². The van der Waals surface area contributed by atoms with E-state index in [4.69, 9.17) is 5.11 Å². The van der Waals surface area contributed by atoms with Crippen LogP contribution >= 0.6 is 11.8 Å². The van der Waals surface area contributed by atoms with Crippen LogP contribution in [0.1, 0.15) is 15.9 Å². The van der Waals surface area contributed by atoms with Gasteiger partial charge in [-0.05, 0) is 47.7 Å². The minimum absolute atomic E-state index is 0.174. The van der Waals surface area contributed by atoms with Crippen LogP contribution in [-0.2, 0) is 4.79 Å². The van der Waals surface area contributed by atoms with Gasteiger partial charge in [0.2, 0.25) is 0 Å². The molecule has 130 valence electrons. The minimum Gasteiger partial charge on any atom is -0.478 e. The second kappa shape index (κ2) is 7.79. The number of benzene rings is 1. The molecule has 2 heterocycles. The molecule has 1 fully saturated rings. The Morgan fingerprint density at radius 2 is 2.04 bits per heavy atom. The molecule has 0 saturated carbocycles. The van der Waals surface area contributed by atoms with E-state index >= 15 is 0 Å². The molecule has 1 amide bonds. The Balaban J connectivity index is 1.91. The highest BCUT2D eigenvalue weighted by molar-refractivity contribution is 8.18. The van der Waals surface area contributed by atoms with Gasteiger partial charge in [0.05, 0.1) is 10.5 Å². The van der Waals surface area contributed by atoms with E-state index in [9.17, 15) is 9.59 Å². The van der Waals surface area contributed by atoms with E-state index in [1.54, 1.807) is 42.6 Å². The van der Waals surface area contributed by atoms with Crippen LogP contribution in [-0.4, -0.2) is 38.6 Å². The van der Waals surface area contributed by atoms with Gasteiger partial charge in [0.25, 0.3) is 5.91 Å². The molecular formula is C19H15N3O3S. The second-order valence-corrected chi connectivity index (χ2v) is 6.33. The van der Waals surface area contributed by atoms with Crippen molar-refractivity contribution >= 4 is 40.7 Å². The lowest BCUT2D eigenvalue weighted by atomic mass is 10.1. The van der Waals surface area contributed by atoms with Crippen LogP contribution in [0.2, 0.25) is 0 Å². The summed E-state index contributed by atoms with van der Waals surface area (Å²) < 4.78 is 0. The smallest absolute Gasteiger partial charge is 0.335 e. The first-order chi connectivity index (χ1) is 12.6. The predicted octanol–water partition coefficient (Wildman–Crippen LogP) is 3.57. The van der Waals surface area contributed by atoms with Gasteiger partial charge in [0.1, 0.15) is 0 Å². The van der Waals surface area contributed by atoms with Gasteiger partial charge in [-0.25, -0.2) is 14.8 Å². The number of nitrogens with zero attached hydrogens (tertiary/aromatic N) is 3. The standard InChI is InChI=1S/C19H15N3O3S/c1-2-11-22-17(23)15(12-13-6-8-14(9-7-13)18(24)25)26-19(22)21-16-5-3-4-10-20-16/h2-10,12H,1,11H2,(H,24,25)/b15-12-,21-19+. The van der Waals surface area contributed by atoms with Crippen molar-refractivity contribution in [2.24, 2.45) is 4.99 Å². The number of aliphatic imine (C=N–C) groups is 1. The average Bonchev–Trinajstić information content (AvgIpc) is 2.92. The summed E-state index contributed by atoms with van der Waals surface area (Å²) in [6.45, 7) is 4.03. The summed E-state index contributed by atoms with van der Waals surface area (Å²) in [6.07, 6.45) is 4.99. The van der Waals surface area contributed by atoms with Crippen LogP contribution in [0, 0.1) is 0 Å². The molecule has 0 radical (unpaired) electrons. The molecule has 0 unspecified atom stereocenters. The zero-order valence-corrected chi connectivity index (χ0v) is 14.5. The normalized spacial score (nSPS) is 17.1. The number of hydrogen-bond acceptors (Lipinski definition) is 5. The molecule has 0 spiro atoms. The van der Waals surface area contributed by atoms with Gasteiger partial charge in [-0.1, -0.05) is 24.3 Å². The molecule has 0 aliphatic carbocycles. The van der Waals surface area contributed by atoms with E-state index in [-0.39, 0.29) is 11.5 Å². The number of thioether (sulfide) groups is 1. The number of amidine groups is 1. The summed E-state index contributed by atoms with van der Waals surface area (Å²) in [4.78, 5) is 34.2. The average molecular weight is 365 g/mol. The number of aromatic nitrogens is 1. The van der Waals surface area contributed by atoms with Crippen molar-refractivity contribution in [2.75, 3.05) is 6.54 Å². The summed E-state index contributed by atoms with van der Waals surface area (Å²) in [7, 11) is 0. The number of aromatic carboxylic acids is 1.